The van der Waals surface area contributed by atoms with Crippen molar-refractivity contribution in [3.63, 3.8) is 0 Å². The Balaban J connectivity index is 3.27. The fourth-order valence-electron chi connectivity index (χ4n) is 0.672. The molecule has 0 bridgehead atoms. The van der Waals surface area contributed by atoms with E-state index in [-0.39, 0.29) is 0 Å². The largest absolute Gasteiger partial charge is 0.342 e. The van der Waals surface area contributed by atoms with Crippen LogP contribution in [-0.4, -0.2) is 0 Å². The average molecular weight is 198 g/mol. The quantitative estimate of drug-likeness (QED) is 0.478. The molecule has 1 aromatic rings. The molecule has 0 aliphatic rings. The number of benzene rings is 1. The van der Waals surface area contributed by atoms with E-state index in [1.165, 1.54) is 0 Å². The van der Waals surface area contributed by atoms with Crippen LogP contribution in [0.4, 0.5) is 17.6 Å². The summed E-state index contributed by atoms with van der Waals surface area (Å²) in [5.41, 5.74) is -1.06. The first kappa shape index (κ1) is 9.32. The minimum Gasteiger partial charge on any atom is -0.203 e. The lowest BCUT2D eigenvalue weighted by Gasteiger charge is -2.01. The van der Waals surface area contributed by atoms with Crippen LogP contribution in [0.5, 0.6) is 0 Å². The van der Waals surface area contributed by atoms with Crippen molar-refractivity contribution in [3.8, 4) is 0 Å². The van der Waals surface area contributed by atoms with Crippen LogP contribution in [0.15, 0.2) is 12.1 Å². The van der Waals surface area contributed by atoms with Gasteiger partial charge in [0, 0.05) is 0 Å². The van der Waals surface area contributed by atoms with Gasteiger partial charge < -0.3 is 0 Å². The molecular formula is C7H2ClF4. The molecule has 0 nitrogen and oxygen atoms in total. The maximum Gasteiger partial charge on any atom is 0.342 e. The number of hydrogen-bond donors (Lipinski definition) is 0. The highest BCUT2D eigenvalue weighted by Crippen LogP contribution is 2.26. The summed E-state index contributed by atoms with van der Waals surface area (Å²) < 4.78 is 48.7. The minimum atomic E-state index is -2.27. The first-order chi connectivity index (χ1) is 5.54. The maximum atomic E-state index is 12.6. The SMILES string of the molecule is F[C](F)c1ccc(Cl)c(F)c1F. The zero-order valence-corrected chi connectivity index (χ0v) is 6.30. The highest BCUT2D eigenvalue weighted by molar-refractivity contribution is 6.30. The molecule has 0 aromatic heterocycles. The van der Waals surface area contributed by atoms with Crippen molar-refractivity contribution in [2.75, 3.05) is 0 Å². The lowest BCUT2D eigenvalue weighted by Crippen LogP contribution is -1.95. The fourth-order valence-corrected chi connectivity index (χ4v) is 0.818. The van der Waals surface area contributed by atoms with Gasteiger partial charge in [-0.2, -0.15) is 8.78 Å². The predicted octanol–water partition coefficient (Wildman–Crippen LogP) is 3.39. The Morgan fingerprint density at radius 2 is 1.67 bits per heavy atom. The van der Waals surface area contributed by atoms with E-state index in [0.29, 0.717) is 0 Å². The summed E-state index contributed by atoms with van der Waals surface area (Å²) >= 11 is 5.12. The second-order valence-corrected chi connectivity index (χ2v) is 2.39. The molecule has 5 heteroatoms. The van der Waals surface area contributed by atoms with Crippen molar-refractivity contribution in [1.82, 2.24) is 0 Å². The number of halogens is 5. The topological polar surface area (TPSA) is 0 Å². The number of hydrogen-bond acceptors (Lipinski definition) is 0. The molecule has 0 spiro atoms. The highest BCUT2D eigenvalue weighted by atomic mass is 35.5. The van der Waals surface area contributed by atoms with E-state index in [2.05, 4.69) is 0 Å². The summed E-state index contributed by atoms with van der Waals surface area (Å²) in [4.78, 5) is 0. The molecule has 0 saturated carbocycles. The molecule has 0 heterocycles. The summed E-state index contributed by atoms with van der Waals surface area (Å²) in [7, 11) is 0. The Hall–Kier alpha value is -0.770. The van der Waals surface area contributed by atoms with Gasteiger partial charge >= 0.3 is 6.43 Å². The van der Waals surface area contributed by atoms with Crippen LogP contribution in [0.25, 0.3) is 0 Å². The van der Waals surface area contributed by atoms with Crippen LogP contribution in [0, 0.1) is 18.1 Å². The zero-order valence-electron chi connectivity index (χ0n) is 5.54. The molecule has 0 saturated heterocycles. The van der Waals surface area contributed by atoms with Gasteiger partial charge in [0.2, 0.25) is 0 Å². The van der Waals surface area contributed by atoms with Gasteiger partial charge in [0.05, 0.1) is 10.6 Å². The van der Waals surface area contributed by atoms with Crippen LogP contribution in [0.3, 0.4) is 0 Å². The van der Waals surface area contributed by atoms with Crippen molar-refractivity contribution < 1.29 is 17.6 Å². The second kappa shape index (κ2) is 3.31. The molecule has 0 amide bonds. The van der Waals surface area contributed by atoms with Crippen LogP contribution >= 0.6 is 11.6 Å². The molecule has 0 aliphatic heterocycles. The molecule has 1 rings (SSSR count). The molecule has 0 unspecified atom stereocenters. The van der Waals surface area contributed by atoms with Crippen molar-refractivity contribution in [1.29, 1.82) is 0 Å². The van der Waals surface area contributed by atoms with Gasteiger partial charge in [-0.15, -0.1) is 0 Å². The highest BCUT2D eigenvalue weighted by Gasteiger charge is 2.20. The van der Waals surface area contributed by atoms with E-state index in [9.17, 15) is 17.6 Å². The lowest BCUT2D eigenvalue weighted by atomic mass is 10.2. The van der Waals surface area contributed by atoms with Crippen molar-refractivity contribution in [2.24, 2.45) is 0 Å². The van der Waals surface area contributed by atoms with Crippen LogP contribution in [0.1, 0.15) is 5.56 Å². The third-order valence-corrected chi connectivity index (χ3v) is 1.53. The van der Waals surface area contributed by atoms with Gasteiger partial charge in [-0.05, 0) is 12.1 Å². The first-order valence-electron chi connectivity index (χ1n) is 2.86. The third-order valence-electron chi connectivity index (χ3n) is 1.24. The Morgan fingerprint density at radius 1 is 1.08 bits per heavy atom. The molecule has 12 heavy (non-hydrogen) atoms. The van der Waals surface area contributed by atoms with E-state index in [4.69, 9.17) is 11.6 Å². The normalized spacial score (nSPS) is 10.8. The van der Waals surface area contributed by atoms with E-state index < -0.39 is 28.6 Å². The van der Waals surface area contributed by atoms with Crippen molar-refractivity contribution >= 4 is 11.6 Å². The third kappa shape index (κ3) is 1.53. The molecule has 1 aromatic carbocycles. The van der Waals surface area contributed by atoms with Crippen molar-refractivity contribution in [2.45, 2.75) is 0 Å². The maximum absolute atomic E-state index is 12.6. The Morgan fingerprint density at radius 3 is 2.17 bits per heavy atom. The van der Waals surface area contributed by atoms with Crippen LogP contribution < -0.4 is 0 Å². The van der Waals surface area contributed by atoms with E-state index in [0.717, 1.165) is 12.1 Å². The molecule has 1 radical (unpaired) electrons. The Kier molecular flexibility index (Phi) is 2.57. The van der Waals surface area contributed by atoms with Gasteiger partial charge in [-0.1, -0.05) is 11.6 Å². The molecule has 0 atom stereocenters. The Bertz CT molecular complexity index is 298. The smallest absolute Gasteiger partial charge is 0.203 e. The lowest BCUT2D eigenvalue weighted by molar-refractivity contribution is 0.314. The standard InChI is InChI=1S/C7H2ClF4/c8-4-2-1-3(7(11)12)5(9)6(4)10/h1-2H. The summed E-state index contributed by atoms with van der Waals surface area (Å²) in [6.45, 7) is 0. The minimum absolute atomic E-state index is 0.516. The van der Waals surface area contributed by atoms with E-state index >= 15 is 0 Å². The van der Waals surface area contributed by atoms with Gasteiger partial charge in [0.25, 0.3) is 0 Å². The molecule has 65 valence electrons. The summed E-state index contributed by atoms with van der Waals surface area (Å²) in [5.74, 6) is -3.08. The van der Waals surface area contributed by atoms with E-state index in [1.807, 2.05) is 0 Å². The molecule has 0 aliphatic carbocycles. The second-order valence-electron chi connectivity index (χ2n) is 1.98. The van der Waals surface area contributed by atoms with Gasteiger partial charge in [-0.3, -0.25) is 0 Å². The molecule has 0 N–H and O–H groups in total. The first-order valence-corrected chi connectivity index (χ1v) is 3.23. The van der Waals surface area contributed by atoms with Gasteiger partial charge in [-0.25, -0.2) is 8.78 Å². The number of rotatable bonds is 1. The van der Waals surface area contributed by atoms with Gasteiger partial charge in [0.1, 0.15) is 0 Å². The van der Waals surface area contributed by atoms with Crippen molar-refractivity contribution in [3.05, 3.63) is 40.8 Å². The fraction of sp³-hybridized carbons (Fsp3) is 0. The van der Waals surface area contributed by atoms with E-state index in [1.54, 1.807) is 0 Å². The predicted molar refractivity (Wildman–Crippen MR) is 35.9 cm³/mol. The van der Waals surface area contributed by atoms with Crippen LogP contribution in [0.2, 0.25) is 5.02 Å². The molecular weight excluding hydrogens is 196 g/mol. The summed E-state index contributed by atoms with van der Waals surface area (Å²) in [6.07, 6.45) is -2.27. The van der Waals surface area contributed by atoms with Crippen LogP contribution in [-0.2, 0) is 0 Å². The molecule has 0 fully saturated rings. The Labute approximate surface area is 70.8 Å². The summed E-state index contributed by atoms with van der Waals surface area (Å²) in [5, 5.41) is -0.516. The summed E-state index contributed by atoms with van der Waals surface area (Å²) in [6, 6.07) is 1.59. The van der Waals surface area contributed by atoms with Gasteiger partial charge in [0.15, 0.2) is 11.6 Å². The average Bonchev–Trinajstić information content (AvgIpc) is 2.00. The monoisotopic (exact) mass is 197 g/mol. The zero-order chi connectivity index (χ0) is 9.30.